The molecule has 0 bridgehead atoms. The summed E-state index contributed by atoms with van der Waals surface area (Å²) >= 11 is 0. The van der Waals surface area contributed by atoms with Gasteiger partial charge in [-0.3, -0.25) is 14.0 Å². The Morgan fingerprint density at radius 1 is 1.17 bits per heavy atom. The molecule has 3 aromatic heterocycles. The van der Waals surface area contributed by atoms with Crippen LogP contribution < -0.4 is 5.56 Å². The minimum absolute atomic E-state index is 0.0293. The maximum absolute atomic E-state index is 13.8. The molecule has 0 saturated carbocycles. The topological polar surface area (TPSA) is 86.7 Å². The highest BCUT2D eigenvalue weighted by atomic mass is 19.1. The molecule has 4 rings (SSSR count). The van der Waals surface area contributed by atoms with Crippen molar-refractivity contribution in [3.63, 3.8) is 0 Å². The molecule has 0 saturated heterocycles. The van der Waals surface area contributed by atoms with Crippen LogP contribution in [0.4, 0.5) is 8.78 Å². The lowest BCUT2D eigenvalue weighted by Crippen LogP contribution is -2.16. The summed E-state index contributed by atoms with van der Waals surface area (Å²) in [5.74, 6) is -1.64. The summed E-state index contributed by atoms with van der Waals surface area (Å²) < 4.78 is 38.8. The highest BCUT2D eigenvalue weighted by Gasteiger charge is 2.14. The Hall–Kier alpha value is -3.88. The van der Waals surface area contributed by atoms with Crippen LogP contribution in [0.5, 0.6) is 0 Å². The number of hydrogen-bond donors (Lipinski definition) is 0. The van der Waals surface area contributed by atoms with Crippen molar-refractivity contribution in [2.24, 2.45) is 0 Å². The van der Waals surface area contributed by atoms with Crippen LogP contribution in [0.15, 0.2) is 64.1 Å². The zero-order chi connectivity index (χ0) is 21.1. The maximum Gasteiger partial charge on any atom is 0.306 e. The number of halogens is 2. The number of carbonyl (C=O) groups is 1. The van der Waals surface area contributed by atoms with Gasteiger partial charge in [0.1, 0.15) is 23.9 Å². The predicted octanol–water partition coefficient (Wildman–Crippen LogP) is 3.30. The first-order valence-corrected chi connectivity index (χ1v) is 9.03. The number of carbonyl (C=O) groups excluding carboxylic acids is 1. The number of rotatable bonds is 6. The van der Waals surface area contributed by atoms with Gasteiger partial charge in [0.25, 0.3) is 5.56 Å². The molecule has 0 aliphatic rings. The largest absolute Gasteiger partial charge is 0.459 e. The van der Waals surface area contributed by atoms with Gasteiger partial charge in [0, 0.05) is 24.8 Å². The van der Waals surface area contributed by atoms with Crippen molar-refractivity contribution < 1.29 is 22.7 Å². The standard InChI is InChI=1S/C21H15F2N3O4/c22-13-4-5-15(16(23)9-13)17-11-24-19(30-17)6-7-21(28)29-12-14-10-20(27)26-8-2-1-3-18(26)25-14/h1-5,8-11H,6-7,12H2. The highest BCUT2D eigenvalue weighted by molar-refractivity contribution is 5.69. The SMILES string of the molecule is O=C(CCc1ncc(-c2ccc(F)cc2F)o1)OCc1cc(=O)n2ccccc2n1. The molecule has 0 amide bonds. The summed E-state index contributed by atoms with van der Waals surface area (Å²) in [5, 5.41) is 0. The van der Waals surface area contributed by atoms with Crippen LogP contribution in [0.25, 0.3) is 17.0 Å². The Balaban J connectivity index is 1.34. The summed E-state index contributed by atoms with van der Waals surface area (Å²) in [6.07, 6.45) is 3.01. The quantitative estimate of drug-likeness (QED) is 0.453. The van der Waals surface area contributed by atoms with Crippen LogP contribution in [0.1, 0.15) is 18.0 Å². The van der Waals surface area contributed by atoms with Crippen LogP contribution in [-0.4, -0.2) is 20.3 Å². The number of aromatic nitrogens is 3. The fraction of sp³-hybridized carbons (Fsp3) is 0.143. The van der Waals surface area contributed by atoms with Crippen LogP contribution in [0.2, 0.25) is 0 Å². The van der Waals surface area contributed by atoms with Crippen LogP contribution >= 0.6 is 0 Å². The molecule has 0 N–H and O–H groups in total. The molecule has 0 fully saturated rings. The van der Waals surface area contributed by atoms with E-state index in [2.05, 4.69) is 9.97 Å². The number of nitrogens with zero attached hydrogens (tertiary/aromatic N) is 3. The van der Waals surface area contributed by atoms with Crippen molar-refractivity contribution in [1.29, 1.82) is 0 Å². The Morgan fingerprint density at radius 3 is 2.87 bits per heavy atom. The number of oxazole rings is 1. The van der Waals surface area contributed by atoms with Crippen molar-refractivity contribution in [3.8, 4) is 11.3 Å². The van der Waals surface area contributed by atoms with Gasteiger partial charge in [-0.25, -0.2) is 18.7 Å². The van der Waals surface area contributed by atoms with Gasteiger partial charge in [-0.1, -0.05) is 6.07 Å². The van der Waals surface area contributed by atoms with E-state index in [4.69, 9.17) is 9.15 Å². The van der Waals surface area contributed by atoms with E-state index in [1.54, 1.807) is 24.4 Å². The molecule has 4 aromatic rings. The third-order valence-corrected chi connectivity index (χ3v) is 4.30. The number of fused-ring (bicyclic) bond motifs is 1. The van der Waals surface area contributed by atoms with Crippen molar-refractivity contribution in [2.75, 3.05) is 0 Å². The Bertz CT molecular complexity index is 1280. The number of aryl methyl sites for hydroxylation is 1. The molecule has 152 valence electrons. The molecular formula is C21H15F2N3O4. The average molecular weight is 411 g/mol. The van der Waals surface area contributed by atoms with Gasteiger partial charge in [0.05, 0.1) is 23.9 Å². The van der Waals surface area contributed by atoms with E-state index in [0.29, 0.717) is 11.3 Å². The highest BCUT2D eigenvalue weighted by Crippen LogP contribution is 2.24. The normalized spacial score (nSPS) is 11.0. The second-order valence-electron chi connectivity index (χ2n) is 6.42. The smallest absolute Gasteiger partial charge is 0.306 e. The van der Waals surface area contributed by atoms with Gasteiger partial charge in [-0.05, 0) is 24.3 Å². The van der Waals surface area contributed by atoms with Crippen molar-refractivity contribution >= 4 is 11.6 Å². The van der Waals surface area contributed by atoms with Gasteiger partial charge in [-0.2, -0.15) is 0 Å². The van der Waals surface area contributed by atoms with Gasteiger partial charge in [-0.15, -0.1) is 0 Å². The third kappa shape index (κ3) is 4.24. The average Bonchev–Trinajstić information content (AvgIpc) is 3.19. The summed E-state index contributed by atoms with van der Waals surface area (Å²) in [6.45, 7) is -0.142. The Labute approximate surface area is 168 Å². The van der Waals surface area contributed by atoms with E-state index in [0.717, 1.165) is 12.1 Å². The van der Waals surface area contributed by atoms with Crippen LogP contribution in [-0.2, 0) is 22.6 Å². The lowest BCUT2D eigenvalue weighted by molar-refractivity contribution is -0.145. The van der Waals surface area contributed by atoms with Gasteiger partial charge < -0.3 is 9.15 Å². The Kier molecular flexibility index (Phi) is 5.34. The van der Waals surface area contributed by atoms with E-state index in [-0.39, 0.29) is 42.2 Å². The molecule has 0 aliphatic carbocycles. The molecule has 0 aliphatic heterocycles. The molecule has 1 aromatic carbocycles. The van der Waals surface area contributed by atoms with E-state index >= 15 is 0 Å². The van der Waals surface area contributed by atoms with Gasteiger partial charge >= 0.3 is 5.97 Å². The van der Waals surface area contributed by atoms with Crippen molar-refractivity contribution in [2.45, 2.75) is 19.4 Å². The monoisotopic (exact) mass is 411 g/mol. The van der Waals surface area contributed by atoms with Crippen LogP contribution in [0, 0.1) is 11.6 Å². The van der Waals surface area contributed by atoms with Crippen molar-refractivity contribution in [3.05, 3.63) is 88.4 Å². The maximum atomic E-state index is 13.8. The zero-order valence-electron chi connectivity index (χ0n) is 15.5. The van der Waals surface area contributed by atoms with E-state index < -0.39 is 17.6 Å². The summed E-state index contributed by atoms with van der Waals surface area (Å²) in [6, 6.07) is 9.57. The molecule has 0 atom stereocenters. The number of ether oxygens (including phenoxy) is 1. The summed E-state index contributed by atoms with van der Waals surface area (Å²) in [7, 11) is 0. The first-order valence-electron chi connectivity index (χ1n) is 9.03. The van der Waals surface area contributed by atoms with Crippen LogP contribution in [0.3, 0.4) is 0 Å². The third-order valence-electron chi connectivity index (χ3n) is 4.30. The lowest BCUT2D eigenvalue weighted by atomic mass is 10.2. The minimum atomic E-state index is -0.768. The molecule has 0 radical (unpaired) electrons. The zero-order valence-corrected chi connectivity index (χ0v) is 15.5. The fourth-order valence-electron chi connectivity index (χ4n) is 2.85. The first kappa shape index (κ1) is 19.4. The molecule has 7 nitrogen and oxygen atoms in total. The first-order chi connectivity index (χ1) is 14.5. The molecule has 9 heteroatoms. The summed E-state index contributed by atoms with van der Waals surface area (Å²) in [5.41, 5.74) is 0.597. The molecule has 30 heavy (non-hydrogen) atoms. The Morgan fingerprint density at radius 2 is 2.03 bits per heavy atom. The lowest BCUT2D eigenvalue weighted by Gasteiger charge is -2.05. The van der Waals surface area contributed by atoms with E-state index in [9.17, 15) is 18.4 Å². The molecule has 0 spiro atoms. The molecule has 0 unspecified atom stereocenters. The number of pyridine rings is 1. The van der Waals surface area contributed by atoms with Gasteiger partial charge in [0.2, 0.25) is 0 Å². The molecular weight excluding hydrogens is 396 g/mol. The predicted molar refractivity (Wildman–Crippen MR) is 101 cm³/mol. The summed E-state index contributed by atoms with van der Waals surface area (Å²) in [4.78, 5) is 32.3. The van der Waals surface area contributed by atoms with E-state index in [1.807, 2.05) is 0 Å². The molecule has 3 heterocycles. The van der Waals surface area contributed by atoms with Crippen molar-refractivity contribution in [1.82, 2.24) is 14.4 Å². The second-order valence-corrected chi connectivity index (χ2v) is 6.42. The second kappa shape index (κ2) is 8.24. The number of benzene rings is 1. The number of esters is 1. The number of hydrogen-bond acceptors (Lipinski definition) is 6. The van der Waals surface area contributed by atoms with Gasteiger partial charge in [0.15, 0.2) is 11.7 Å². The van der Waals surface area contributed by atoms with E-state index in [1.165, 1.54) is 22.7 Å². The minimum Gasteiger partial charge on any atom is -0.459 e. The fourth-order valence-corrected chi connectivity index (χ4v) is 2.85.